The highest BCUT2D eigenvalue weighted by molar-refractivity contribution is 5.81. The maximum atomic E-state index is 12.1. The van der Waals surface area contributed by atoms with Crippen LogP contribution in [0, 0.1) is 5.92 Å². The highest BCUT2D eigenvalue weighted by atomic mass is 16.2. The Labute approximate surface area is 105 Å². The van der Waals surface area contributed by atoms with E-state index in [9.17, 15) is 4.79 Å². The van der Waals surface area contributed by atoms with E-state index >= 15 is 0 Å². The van der Waals surface area contributed by atoms with Crippen molar-refractivity contribution in [3.63, 3.8) is 0 Å². The predicted octanol–water partition coefficient (Wildman–Crippen LogP) is 2.32. The van der Waals surface area contributed by atoms with Crippen molar-refractivity contribution >= 4 is 5.91 Å². The molecule has 0 saturated carbocycles. The minimum Gasteiger partial charge on any atom is -0.341 e. The molecule has 2 N–H and O–H groups in total. The van der Waals surface area contributed by atoms with Crippen LogP contribution in [0.3, 0.4) is 0 Å². The first-order valence-corrected chi connectivity index (χ1v) is 6.84. The van der Waals surface area contributed by atoms with Gasteiger partial charge in [-0.1, -0.05) is 25.8 Å². The fourth-order valence-corrected chi connectivity index (χ4v) is 2.60. The van der Waals surface area contributed by atoms with Crippen molar-refractivity contribution in [3.05, 3.63) is 12.7 Å². The number of rotatable bonds is 5. The quantitative estimate of drug-likeness (QED) is 0.747. The standard InChI is InChI=1S/C14H26N2O/c1-3-6-12-8-5-10-16(11-9-12)14(17)13(15)7-4-2/h4,12-13H,2-3,5-11,15H2,1H3. The Morgan fingerprint density at radius 2 is 2.29 bits per heavy atom. The topological polar surface area (TPSA) is 46.3 Å². The smallest absolute Gasteiger partial charge is 0.239 e. The number of likely N-dealkylation sites (tertiary alicyclic amines) is 1. The third-order valence-electron chi connectivity index (χ3n) is 3.59. The molecule has 1 fully saturated rings. The maximum Gasteiger partial charge on any atom is 0.239 e. The van der Waals surface area contributed by atoms with E-state index in [1.54, 1.807) is 6.08 Å². The van der Waals surface area contributed by atoms with Crippen molar-refractivity contribution in [3.8, 4) is 0 Å². The van der Waals surface area contributed by atoms with Crippen LogP contribution in [0.5, 0.6) is 0 Å². The van der Waals surface area contributed by atoms with Gasteiger partial charge in [-0.15, -0.1) is 6.58 Å². The van der Waals surface area contributed by atoms with Crippen LogP contribution in [-0.2, 0) is 4.79 Å². The summed E-state index contributed by atoms with van der Waals surface area (Å²) in [5.74, 6) is 0.899. The lowest BCUT2D eigenvalue weighted by Crippen LogP contribution is -2.44. The van der Waals surface area contributed by atoms with Gasteiger partial charge in [-0.3, -0.25) is 4.79 Å². The van der Waals surface area contributed by atoms with E-state index in [4.69, 9.17) is 5.73 Å². The second kappa shape index (κ2) is 7.49. The normalized spacial score (nSPS) is 22.9. The molecule has 0 radical (unpaired) electrons. The van der Waals surface area contributed by atoms with Gasteiger partial charge in [0, 0.05) is 13.1 Å². The molecule has 1 saturated heterocycles. The van der Waals surface area contributed by atoms with Crippen LogP contribution in [-0.4, -0.2) is 29.9 Å². The van der Waals surface area contributed by atoms with E-state index < -0.39 is 6.04 Å². The van der Waals surface area contributed by atoms with Crippen molar-refractivity contribution in [2.75, 3.05) is 13.1 Å². The summed E-state index contributed by atoms with van der Waals surface area (Å²) in [5.41, 5.74) is 5.84. The molecule has 17 heavy (non-hydrogen) atoms. The van der Waals surface area contributed by atoms with E-state index in [0.717, 1.165) is 31.8 Å². The molecule has 3 heteroatoms. The minimum absolute atomic E-state index is 0.0991. The summed E-state index contributed by atoms with van der Waals surface area (Å²) in [4.78, 5) is 14.0. The third kappa shape index (κ3) is 4.50. The Balaban J connectivity index is 2.44. The Morgan fingerprint density at radius 1 is 1.53 bits per heavy atom. The summed E-state index contributed by atoms with van der Waals surface area (Å²) in [6.45, 7) is 7.62. The van der Waals surface area contributed by atoms with Gasteiger partial charge in [0.05, 0.1) is 6.04 Å². The lowest BCUT2D eigenvalue weighted by Gasteiger charge is -2.23. The van der Waals surface area contributed by atoms with Crippen LogP contribution < -0.4 is 5.73 Å². The monoisotopic (exact) mass is 238 g/mol. The molecule has 3 nitrogen and oxygen atoms in total. The molecule has 1 aliphatic rings. The summed E-state index contributed by atoms with van der Waals surface area (Å²) < 4.78 is 0. The lowest BCUT2D eigenvalue weighted by molar-refractivity contribution is -0.132. The highest BCUT2D eigenvalue weighted by Gasteiger charge is 2.23. The number of hydrogen-bond donors (Lipinski definition) is 1. The molecule has 1 rings (SSSR count). The fourth-order valence-electron chi connectivity index (χ4n) is 2.60. The molecule has 0 bridgehead atoms. The molecular formula is C14H26N2O. The Hall–Kier alpha value is -0.830. The zero-order valence-corrected chi connectivity index (χ0v) is 11.0. The fraction of sp³-hybridized carbons (Fsp3) is 0.786. The molecule has 0 spiro atoms. The first-order chi connectivity index (χ1) is 8.19. The summed E-state index contributed by atoms with van der Waals surface area (Å²) in [6, 6.07) is -0.393. The SMILES string of the molecule is C=CCC(N)C(=O)N1CCCC(CCC)CC1. The zero-order chi connectivity index (χ0) is 12.7. The van der Waals surface area contributed by atoms with Crippen LogP contribution in [0.15, 0.2) is 12.7 Å². The van der Waals surface area contributed by atoms with Gasteiger partial charge in [0.2, 0.25) is 5.91 Å². The van der Waals surface area contributed by atoms with E-state index in [1.807, 2.05) is 4.90 Å². The van der Waals surface area contributed by atoms with Gasteiger partial charge in [0.25, 0.3) is 0 Å². The molecule has 1 aliphatic heterocycles. The Kier molecular flexibility index (Phi) is 6.27. The zero-order valence-electron chi connectivity index (χ0n) is 11.0. The number of carbonyl (C=O) groups excluding carboxylic acids is 1. The molecule has 2 unspecified atom stereocenters. The molecule has 0 aromatic carbocycles. The van der Waals surface area contributed by atoms with Gasteiger partial charge in [0.15, 0.2) is 0 Å². The van der Waals surface area contributed by atoms with Crippen molar-refractivity contribution in [1.82, 2.24) is 4.90 Å². The largest absolute Gasteiger partial charge is 0.341 e. The van der Waals surface area contributed by atoms with Gasteiger partial charge >= 0.3 is 0 Å². The highest BCUT2D eigenvalue weighted by Crippen LogP contribution is 2.22. The molecule has 98 valence electrons. The number of hydrogen-bond acceptors (Lipinski definition) is 2. The van der Waals surface area contributed by atoms with Crippen LogP contribution >= 0.6 is 0 Å². The summed E-state index contributed by atoms with van der Waals surface area (Å²) >= 11 is 0. The van der Waals surface area contributed by atoms with E-state index in [2.05, 4.69) is 13.5 Å². The lowest BCUT2D eigenvalue weighted by atomic mass is 9.96. The van der Waals surface area contributed by atoms with E-state index in [-0.39, 0.29) is 5.91 Å². The van der Waals surface area contributed by atoms with Gasteiger partial charge in [0.1, 0.15) is 0 Å². The first-order valence-electron chi connectivity index (χ1n) is 6.84. The Bertz CT molecular complexity index is 253. The predicted molar refractivity (Wildman–Crippen MR) is 71.6 cm³/mol. The number of nitrogens with zero attached hydrogens (tertiary/aromatic N) is 1. The second-order valence-corrected chi connectivity index (χ2v) is 5.04. The van der Waals surface area contributed by atoms with Gasteiger partial charge < -0.3 is 10.6 Å². The number of nitrogens with two attached hydrogens (primary N) is 1. The summed E-state index contributed by atoms with van der Waals surface area (Å²) in [6.07, 6.45) is 8.36. The summed E-state index contributed by atoms with van der Waals surface area (Å²) in [7, 11) is 0. The average molecular weight is 238 g/mol. The van der Waals surface area contributed by atoms with E-state index in [1.165, 1.54) is 19.3 Å². The molecule has 0 aliphatic carbocycles. The van der Waals surface area contributed by atoms with Crippen molar-refractivity contribution < 1.29 is 4.79 Å². The Morgan fingerprint density at radius 3 is 2.94 bits per heavy atom. The average Bonchev–Trinajstić information content (AvgIpc) is 2.54. The maximum absolute atomic E-state index is 12.1. The molecule has 1 heterocycles. The van der Waals surface area contributed by atoms with Crippen LogP contribution in [0.2, 0.25) is 0 Å². The van der Waals surface area contributed by atoms with Crippen molar-refractivity contribution in [2.45, 2.75) is 51.5 Å². The van der Waals surface area contributed by atoms with Crippen molar-refractivity contribution in [1.29, 1.82) is 0 Å². The first kappa shape index (κ1) is 14.2. The minimum atomic E-state index is -0.393. The molecule has 2 atom stereocenters. The van der Waals surface area contributed by atoms with E-state index in [0.29, 0.717) is 6.42 Å². The van der Waals surface area contributed by atoms with Gasteiger partial charge in [-0.05, 0) is 31.6 Å². The molecule has 0 aromatic heterocycles. The number of carbonyl (C=O) groups is 1. The molecule has 1 amide bonds. The second-order valence-electron chi connectivity index (χ2n) is 5.04. The summed E-state index contributed by atoms with van der Waals surface area (Å²) in [5, 5.41) is 0. The van der Waals surface area contributed by atoms with Gasteiger partial charge in [-0.2, -0.15) is 0 Å². The van der Waals surface area contributed by atoms with Crippen LogP contribution in [0.1, 0.15) is 45.4 Å². The van der Waals surface area contributed by atoms with Crippen molar-refractivity contribution in [2.24, 2.45) is 11.7 Å². The third-order valence-corrected chi connectivity index (χ3v) is 3.59. The molecular weight excluding hydrogens is 212 g/mol. The number of amides is 1. The van der Waals surface area contributed by atoms with Gasteiger partial charge in [-0.25, -0.2) is 0 Å². The van der Waals surface area contributed by atoms with Crippen LogP contribution in [0.25, 0.3) is 0 Å². The molecule has 0 aromatic rings. The van der Waals surface area contributed by atoms with Crippen LogP contribution in [0.4, 0.5) is 0 Å².